The third kappa shape index (κ3) is 11.8. The van der Waals surface area contributed by atoms with Crippen LogP contribution in [-0.2, 0) is 9.47 Å². The fraction of sp³-hybridized carbons (Fsp3) is 0.381. The Morgan fingerprint density at radius 3 is 1.23 bits per heavy atom. The summed E-state index contributed by atoms with van der Waals surface area (Å²) in [6.07, 6.45) is 0. The zero-order chi connectivity index (χ0) is 37.0. The third-order valence-electron chi connectivity index (χ3n) is 9.80. The van der Waals surface area contributed by atoms with Gasteiger partial charge >= 0.3 is 37.7 Å². The maximum atomic E-state index is 8.79. The molecule has 0 aliphatic carbocycles. The molecule has 2 fully saturated rings. The fourth-order valence-electron chi connectivity index (χ4n) is 6.91. The summed E-state index contributed by atoms with van der Waals surface area (Å²) in [6.45, 7) is 12.0. The number of amidine groups is 2. The van der Waals surface area contributed by atoms with Crippen LogP contribution in [0.3, 0.4) is 0 Å². The van der Waals surface area contributed by atoms with Crippen molar-refractivity contribution in [3.05, 3.63) is 108 Å². The van der Waals surface area contributed by atoms with Gasteiger partial charge in [0.1, 0.15) is 11.7 Å². The van der Waals surface area contributed by atoms with Crippen LogP contribution in [0.15, 0.2) is 127 Å². The predicted molar refractivity (Wildman–Crippen MR) is 220 cm³/mol. The van der Waals surface area contributed by atoms with Crippen LogP contribution in [0.5, 0.6) is 0 Å². The number of aliphatic hydroxyl groups excluding tert-OH is 2. The Bertz CT molecular complexity index is 1770. The van der Waals surface area contributed by atoms with E-state index in [1.807, 2.05) is 0 Å². The van der Waals surface area contributed by atoms with E-state index in [2.05, 4.69) is 117 Å². The van der Waals surface area contributed by atoms with Crippen molar-refractivity contribution in [2.45, 2.75) is 19.6 Å². The number of hydrogen-bond acceptors (Lipinski definition) is 12. The minimum absolute atomic E-state index is 0. The number of benzene rings is 4. The summed E-state index contributed by atoms with van der Waals surface area (Å²) in [5.41, 5.74) is 4.54. The Kier molecular flexibility index (Phi) is 18.4. The van der Waals surface area contributed by atoms with Gasteiger partial charge in [-0.1, -0.05) is 84.2 Å². The number of hydrogen-bond donors (Lipinski definition) is 2. The predicted octanol–water partition coefficient (Wildman–Crippen LogP) is -0.0550. The van der Waals surface area contributed by atoms with E-state index >= 15 is 0 Å². The van der Waals surface area contributed by atoms with Crippen LogP contribution < -0.4 is 37.7 Å². The van der Waals surface area contributed by atoms with Gasteiger partial charge in [0.15, 0.2) is 0 Å². The zero-order valence-corrected chi connectivity index (χ0v) is 34.4. The number of para-hydroxylation sites is 2. The Balaban J connectivity index is 0.000000290. The van der Waals surface area contributed by atoms with Crippen LogP contribution in [0.25, 0.3) is 0 Å². The van der Waals surface area contributed by atoms with Crippen LogP contribution in [-0.4, -0.2) is 147 Å². The van der Waals surface area contributed by atoms with Crippen molar-refractivity contribution in [3.63, 3.8) is 0 Å². The minimum atomic E-state index is 0. The summed E-state index contributed by atoms with van der Waals surface area (Å²) in [4.78, 5) is 24.7. The van der Waals surface area contributed by atoms with E-state index in [1.165, 1.54) is 30.7 Å². The zero-order valence-electron chi connectivity index (χ0n) is 34.8. The van der Waals surface area contributed by atoms with Crippen LogP contribution in [0.1, 0.15) is 14.0 Å². The normalized spacial score (nSPS) is 16.5. The number of ether oxygens (including phenoxy) is 2. The van der Waals surface area contributed by atoms with Gasteiger partial charge in [0.25, 0.3) is 0 Å². The third-order valence-corrected chi connectivity index (χ3v) is 12.1. The molecule has 0 spiro atoms. The summed E-state index contributed by atoms with van der Waals surface area (Å²) in [5.74, 6) is 2.17. The molecule has 4 aromatic rings. The van der Waals surface area contributed by atoms with Gasteiger partial charge in [-0.2, -0.15) is 0 Å². The van der Waals surface area contributed by atoms with Gasteiger partial charge in [-0.3, -0.25) is 9.80 Å². The molecule has 4 heterocycles. The van der Waals surface area contributed by atoms with Crippen molar-refractivity contribution < 1.29 is 60.3 Å². The van der Waals surface area contributed by atoms with Crippen LogP contribution in [0.4, 0.5) is 11.4 Å². The first-order valence-electron chi connectivity index (χ1n) is 18.9. The number of fused-ring (bicyclic) bond motifs is 4. The average Bonchev–Trinajstić information content (AvgIpc) is 3.50. The molecule has 2 N–H and O–H groups in total. The molecule has 0 unspecified atom stereocenters. The Labute approximate surface area is 367 Å². The van der Waals surface area contributed by atoms with E-state index in [0.29, 0.717) is 26.4 Å². The molecule has 4 aliphatic heterocycles. The van der Waals surface area contributed by atoms with Gasteiger partial charge in [0.2, 0.25) is 0 Å². The van der Waals surface area contributed by atoms with Crippen LogP contribution in [0, 0.1) is 0 Å². The first kappa shape index (κ1) is 44.6. The molecule has 0 saturated carbocycles. The molecule has 0 bridgehead atoms. The largest absolute Gasteiger partial charge is 1.00 e. The monoisotopic (exact) mass is 782 g/mol. The Hall–Kier alpha value is -2.53. The van der Waals surface area contributed by atoms with E-state index in [4.69, 9.17) is 29.7 Å². The number of rotatable bonds is 10. The molecule has 4 aromatic carbocycles. The van der Waals surface area contributed by atoms with E-state index in [9.17, 15) is 0 Å². The first-order valence-corrected chi connectivity index (χ1v) is 20.5. The van der Waals surface area contributed by atoms with Crippen molar-refractivity contribution in [1.82, 2.24) is 19.6 Å². The molecule has 56 heavy (non-hydrogen) atoms. The molecule has 10 nitrogen and oxygen atoms in total. The number of nitrogens with zero attached hydrogens (tertiary/aromatic N) is 6. The minimum Gasteiger partial charge on any atom is -1.00 e. The molecule has 4 aliphatic rings. The second-order valence-corrected chi connectivity index (χ2v) is 15.5. The van der Waals surface area contributed by atoms with Crippen molar-refractivity contribution in [1.29, 1.82) is 0 Å². The van der Waals surface area contributed by atoms with Gasteiger partial charge < -0.3 is 32.3 Å². The van der Waals surface area contributed by atoms with E-state index in [1.54, 1.807) is 23.5 Å². The van der Waals surface area contributed by atoms with Gasteiger partial charge in [-0.25, -0.2) is 9.98 Å². The van der Waals surface area contributed by atoms with E-state index < -0.39 is 0 Å². The summed E-state index contributed by atoms with van der Waals surface area (Å²) in [5, 5.41) is 17.6. The summed E-state index contributed by atoms with van der Waals surface area (Å²) in [7, 11) is 0. The Morgan fingerprint density at radius 2 is 0.839 bits per heavy atom. The molecule has 0 radical (unpaired) electrons. The quantitative estimate of drug-likeness (QED) is 0.169. The average molecular weight is 783 g/mol. The van der Waals surface area contributed by atoms with Crippen LogP contribution >= 0.6 is 23.5 Å². The smallest absolute Gasteiger partial charge is 1.00 e. The second kappa shape index (κ2) is 23.2. The van der Waals surface area contributed by atoms with Gasteiger partial charge in [-0.15, -0.1) is 0 Å². The topological polar surface area (TPSA) is 96.6 Å². The molecule has 288 valence electrons. The molecule has 0 aromatic heterocycles. The molecular formula is C42H52Li2N6O4S2. The summed E-state index contributed by atoms with van der Waals surface area (Å²) in [6, 6.07) is 33.9. The molecule has 2 saturated heterocycles. The van der Waals surface area contributed by atoms with Crippen molar-refractivity contribution in [2.75, 3.05) is 105 Å². The van der Waals surface area contributed by atoms with Crippen molar-refractivity contribution in [3.8, 4) is 0 Å². The summed E-state index contributed by atoms with van der Waals surface area (Å²) >= 11 is 3.60. The number of piperazine rings is 2. The number of aliphatic imine (C=N–C) groups is 2. The standard InChI is InChI=1S/2C21H25N3O2S.2Li.2H/c2*25-14-16-26-15-13-23-9-11-24(12-10-23)21-17-5-1-3-7-19(17)27-20-8-4-2-6-18(20)22-21;;;;/h2*1-8,25H,9-16H2;;;;/q;;2*+1;2*-1. The fourth-order valence-corrected chi connectivity index (χ4v) is 8.94. The van der Waals surface area contributed by atoms with Crippen LogP contribution in [0.2, 0.25) is 0 Å². The number of aliphatic hydroxyl groups is 2. The van der Waals surface area contributed by atoms with Crippen molar-refractivity contribution in [2.24, 2.45) is 9.98 Å². The molecule has 8 rings (SSSR count). The SMILES string of the molecule is OCCOCCN1CCN(C2=Nc3ccccc3Sc3ccccc32)CC1.OCCOCCN1CCN(C2=Nc3ccccc3Sc3ccccc32)CC1.[H-].[H-].[Li+].[Li+]. The molecule has 0 amide bonds. The van der Waals surface area contributed by atoms with Gasteiger partial charge in [-0.05, 0) is 36.4 Å². The van der Waals surface area contributed by atoms with E-state index in [0.717, 1.165) is 88.5 Å². The Morgan fingerprint density at radius 1 is 0.482 bits per heavy atom. The molecule has 0 atom stereocenters. The first-order chi connectivity index (χ1) is 26.7. The van der Waals surface area contributed by atoms with E-state index in [-0.39, 0.29) is 53.8 Å². The second-order valence-electron chi connectivity index (χ2n) is 13.3. The molecular weight excluding hydrogens is 731 g/mol. The molecule has 14 heteroatoms. The van der Waals surface area contributed by atoms with Crippen molar-refractivity contribution >= 4 is 46.6 Å². The van der Waals surface area contributed by atoms with Gasteiger partial charge in [0.05, 0.1) is 51.0 Å². The summed E-state index contributed by atoms with van der Waals surface area (Å²) < 4.78 is 10.8. The maximum absolute atomic E-state index is 8.79. The van der Waals surface area contributed by atoms with Gasteiger partial charge in [0, 0.05) is 96.2 Å². The maximum Gasteiger partial charge on any atom is 1.00 e.